The molecule has 0 radical (unpaired) electrons. The van der Waals surface area contributed by atoms with E-state index in [4.69, 9.17) is 0 Å². The molecule has 0 unspecified atom stereocenters. The second-order valence-corrected chi connectivity index (χ2v) is 7.14. The van der Waals surface area contributed by atoms with Crippen LogP contribution in [0.3, 0.4) is 0 Å². The molecule has 0 spiro atoms. The fourth-order valence-electron chi connectivity index (χ4n) is 3.45. The third kappa shape index (κ3) is 3.55. The van der Waals surface area contributed by atoms with Crippen LogP contribution < -0.4 is 0 Å². The normalized spacial score (nSPS) is 17.0. The lowest BCUT2D eigenvalue weighted by Gasteiger charge is -2.34. The summed E-state index contributed by atoms with van der Waals surface area (Å²) < 4.78 is 13.7. The SMILES string of the molecule is CC(C)(O)CC1CCN(C(=O)c2cc3c(F)cccc3[nH]2)CC1. The summed E-state index contributed by atoms with van der Waals surface area (Å²) in [5, 5.41) is 10.4. The number of aliphatic hydroxyl groups is 1. The third-order valence-electron chi connectivity index (χ3n) is 4.53. The number of fused-ring (bicyclic) bond motifs is 1. The van der Waals surface area contributed by atoms with Crippen LogP contribution in [0.15, 0.2) is 24.3 Å². The molecule has 1 amide bonds. The first-order valence-electron chi connectivity index (χ1n) is 8.12. The van der Waals surface area contributed by atoms with Gasteiger partial charge in [-0.3, -0.25) is 4.79 Å². The van der Waals surface area contributed by atoms with Crippen molar-refractivity contribution in [1.29, 1.82) is 0 Å². The maximum atomic E-state index is 13.7. The smallest absolute Gasteiger partial charge is 0.270 e. The second-order valence-electron chi connectivity index (χ2n) is 7.14. The molecule has 23 heavy (non-hydrogen) atoms. The molecule has 1 aliphatic heterocycles. The van der Waals surface area contributed by atoms with Crippen LogP contribution >= 0.6 is 0 Å². The van der Waals surface area contributed by atoms with Gasteiger partial charge in [0.05, 0.1) is 5.60 Å². The Morgan fingerprint density at radius 1 is 1.39 bits per heavy atom. The van der Waals surface area contributed by atoms with E-state index in [0.29, 0.717) is 35.6 Å². The number of hydrogen-bond acceptors (Lipinski definition) is 2. The molecule has 3 rings (SSSR count). The number of aromatic nitrogens is 1. The number of nitrogens with one attached hydrogen (secondary N) is 1. The lowest BCUT2D eigenvalue weighted by Crippen LogP contribution is -2.40. The van der Waals surface area contributed by atoms with Crippen molar-refractivity contribution in [3.8, 4) is 0 Å². The molecule has 1 aliphatic rings. The van der Waals surface area contributed by atoms with Crippen molar-refractivity contribution in [2.24, 2.45) is 5.92 Å². The maximum Gasteiger partial charge on any atom is 0.270 e. The molecule has 124 valence electrons. The first kappa shape index (κ1) is 16.0. The molecule has 2 N–H and O–H groups in total. The van der Waals surface area contributed by atoms with Crippen LogP contribution in [0.25, 0.3) is 10.9 Å². The number of hydrogen-bond donors (Lipinski definition) is 2. The zero-order valence-corrected chi connectivity index (χ0v) is 13.6. The Bertz CT molecular complexity index is 709. The summed E-state index contributed by atoms with van der Waals surface area (Å²) >= 11 is 0. The number of likely N-dealkylation sites (tertiary alicyclic amines) is 1. The molecule has 2 aromatic rings. The molecule has 0 aliphatic carbocycles. The number of carbonyl (C=O) groups excluding carboxylic acids is 1. The predicted octanol–water partition coefficient (Wildman–Crippen LogP) is 3.32. The largest absolute Gasteiger partial charge is 0.390 e. The van der Waals surface area contributed by atoms with E-state index in [2.05, 4.69) is 4.98 Å². The number of amides is 1. The van der Waals surface area contributed by atoms with Gasteiger partial charge in [0.15, 0.2) is 0 Å². The molecule has 5 heteroatoms. The minimum atomic E-state index is -0.661. The molecule has 0 saturated carbocycles. The fraction of sp³-hybridized carbons (Fsp3) is 0.500. The number of aromatic amines is 1. The van der Waals surface area contributed by atoms with Crippen LogP contribution in [0, 0.1) is 11.7 Å². The van der Waals surface area contributed by atoms with Gasteiger partial charge in [0, 0.05) is 24.0 Å². The highest BCUT2D eigenvalue weighted by atomic mass is 19.1. The summed E-state index contributed by atoms with van der Waals surface area (Å²) in [4.78, 5) is 17.4. The van der Waals surface area contributed by atoms with E-state index in [0.717, 1.165) is 19.3 Å². The quantitative estimate of drug-likeness (QED) is 0.912. The molecule has 4 nitrogen and oxygen atoms in total. The fourth-order valence-corrected chi connectivity index (χ4v) is 3.45. The minimum absolute atomic E-state index is 0.0812. The summed E-state index contributed by atoms with van der Waals surface area (Å²) in [5.74, 6) is 0.0446. The Hall–Kier alpha value is -1.88. The first-order chi connectivity index (χ1) is 10.8. The van der Waals surface area contributed by atoms with Crippen LogP contribution in [0.1, 0.15) is 43.6 Å². The summed E-state index contributed by atoms with van der Waals surface area (Å²) in [5.41, 5.74) is 0.419. The molecular weight excluding hydrogens is 295 g/mol. The molecule has 2 heterocycles. The van der Waals surface area contributed by atoms with Crippen LogP contribution in [0.2, 0.25) is 0 Å². The van der Waals surface area contributed by atoms with Crippen molar-refractivity contribution in [3.63, 3.8) is 0 Å². The number of nitrogens with zero attached hydrogens (tertiary/aromatic N) is 1. The average molecular weight is 318 g/mol. The van der Waals surface area contributed by atoms with E-state index in [9.17, 15) is 14.3 Å². The maximum absolute atomic E-state index is 13.7. The zero-order chi connectivity index (χ0) is 16.6. The molecule has 1 saturated heterocycles. The second kappa shape index (κ2) is 5.96. The molecule has 0 bridgehead atoms. The van der Waals surface area contributed by atoms with Crippen molar-refractivity contribution in [2.75, 3.05) is 13.1 Å². The monoisotopic (exact) mass is 318 g/mol. The molecule has 1 aromatic heterocycles. The van der Waals surface area contributed by atoms with Gasteiger partial charge in [0.2, 0.25) is 0 Å². The Kier molecular flexibility index (Phi) is 4.15. The first-order valence-corrected chi connectivity index (χ1v) is 8.12. The summed E-state index contributed by atoms with van der Waals surface area (Å²) in [6.45, 7) is 5.00. The van der Waals surface area contributed by atoms with E-state index >= 15 is 0 Å². The lowest BCUT2D eigenvalue weighted by molar-refractivity contribution is 0.0357. The summed E-state index contributed by atoms with van der Waals surface area (Å²) in [6.07, 6.45) is 2.54. The summed E-state index contributed by atoms with van der Waals surface area (Å²) in [7, 11) is 0. The number of piperidine rings is 1. The van der Waals surface area contributed by atoms with Crippen molar-refractivity contribution >= 4 is 16.8 Å². The predicted molar refractivity (Wildman–Crippen MR) is 87.8 cm³/mol. The van der Waals surface area contributed by atoms with Gasteiger partial charge in [-0.25, -0.2) is 4.39 Å². The van der Waals surface area contributed by atoms with Crippen LogP contribution in [-0.2, 0) is 0 Å². The van der Waals surface area contributed by atoms with Gasteiger partial charge in [-0.15, -0.1) is 0 Å². The highest BCUT2D eigenvalue weighted by Crippen LogP contribution is 2.27. The van der Waals surface area contributed by atoms with Crippen LogP contribution in [0.4, 0.5) is 4.39 Å². The van der Waals surface area contributed by atoms with E-state index in [1.54, 1.807) is 18.2 Å². The van der Waals surface area contributed by atoms with Gasteiger partial charge < -0.3 is 15.0 Å². The standard InChI is InChI=1S/C18H23FN2O2/c1-18(2,23)11-12-6-8-21(9-7-12)17(22)16-10-13-14(19)4-3-5-15(13)20-16/h3-5,10,12,20,23H,6-9,11H2,1-2H3. The Morgan fingerprint density at radius 3 is 2.70 bits per heavy atom. The minimum Gasteiger partial charge on any atom is -0.390 e. The number of rotatable bonds is 3. The van der Waals surface area contributed by atoms with Crippen molar-refractivity contribution < 1.29 is 14.3 Å². The van der Waals surface area contributed by atoms with Gasteiger partial charge >= 0.3 is 0 Å². The number of halogens is 1. The molecular formula is C18H23FN2O2. The van der Waals surface area contributed by atoms with Crippen LogP contribution in [0.5, 0.6) is 0 Å². The van der Waals surface area contributed by atoms with Gasteiger partial charge in [0.1, 0.15) is 11.5 Å². The van der Waals surface area contributed by atoms with Gasteiger partial charge in [0.25, 0.3) is 5.91 Å². The van der Waals surface area contributed by atoms with Gasteiger partial charge in [-0.1, -0.05) is 6.07 Å². The number of H-pyrrole nitrogens is 1. The Labute approximate surface area is 135 Å². The summed E-state index contributed by atoms with van der Waals surface area (Å²) in [6, 6.07) is 6.39. The van der Waals surface area contributed by atoms with E-state index in [1.807, 2.05) is 18.7 Å². The zero-order valence-electron chi connectivity index (χ0n) is 13.6. The topological polar surface area (TPSA) is 56.3 Å². The van der Waals surface area contributed by atoms with E-state index < -0.39 is 5.60 Å². The third-order valence-corrected chi connectivity index (χ3v) is 4.53. The molecule has 0 atom stereocenters. The number of carbonyl (C=O) groups is 1. The van der Waals surface area contributed by atoms with Crippen molar-refractivity contribution in [1.82, 2.24) is 9.88 Å². The molecule has 1 aromatic carbocycles. The molecule has 1 fully saturated rings. The van der Waals surface area contributed by atoms with E-state index in [1.165, 1.54) is 6.07 Å². The van der Waals surface area contributed by atoms with Crippen LogP contribution in [-0.4, -0.2) is 39.6 Å². The van der Waals surface area contributed by atoms with Gasteiger partial charge in [-0.2, -0.15) is 0 Å². The van der Waals surface area contributed by atoms with Gasteiger partial charge in [-0.05, 0) is 57.2 Å². The number of benzene rings is 1. The van der Waals surface area contributed by atoms with Crippen molar-refractivity contribution in [2.45, 2.75) is 38.7 Å². The Balaban J connectivity index is 1.68. The average Bonchev–Trinajstić information content (AvgIpc) is 2.91. The highest BCUT2D eigenvalue weighted by molar-refractivity contribution is 5.98. The Morgan fingerprint density at radius 2 is 2.09 bits per heavy atom. The van der Waals surface area contributed by atoms with E-state index in [-0.39, 0.29) is 11.7 Å². The highest BCUT2D eigenvalue weighted by Gasteiger charge is 2.28. The van der Waals surface area contributed by atoms with Crippen molar-refractivity contribution in [3.05, 3.63) is 35.8 Å². The lowest BCUT2D eigenvalue weighted by atomic mass is 9.86.